The number of carbonyl (C=O) groups is 1. The minimum atomic E-state index is -4.64. The Balaban J connectivity index is 1.70. The second kappa shape index (κ2) is 7.99. The summed E-state index contributed by atoms with van der Waals surface area (Å²) in [5, 5.41) is 2.52. The Morgan fingerprint density at radius 1 is 0.969 bits per heavy atom. The van der Waals surface area contributed by atoms with E-state index in [1.165, 1.54) is 18.2 Å². The minimum Gasteiger partial charge on any atom is -0.323 e. The number of carbonyl (C=O) groups excluding carboxylic acids is 1. The third-order valence-corrected chi connectivity index (χ3v) is 7.21. The van der Waals surface area contributed by atoms with Crippen molar-refractivity contribution in [2.45, 2.75) is 11.1 Å². The average Bonchev–Trinajstić information content (AvgIpc) is 2.72. The van der Waals surface area contributed by atoms with E-state index >= 15 is 0 Å². The van der Waals surface area contributed by atoms with Crippen molar-refractivity contribution in [3.63, 3.8) is 0 Å². The number of anilines is 2. The minimum absolute atomic E-state index is 0.0142. The molecule has 0 bridgehead atoms. The quantitative estimate of drug-likeness (QED) is 0.492. The molecule has 1 heterocycles. The Morgan fingerprint density at radius 2 is 1.69 bits per heavy atom. The maximum atomic E-state index is 13.2. The number of benzene rings is 3. The summed E-state index contributed by atoms with van der Waals surface area (Å²) in [6.45, 7) is -0.683. The highest BCUT2D eigenvalue weighted by atomic mass is 35.5. The van der Waals surface area contributed by atoms with Gasteiger partial charge in [0.1, 0.15) is 6.54 Å². The third-order valence-electron chi connectivity index (χ3n) is 4.83. The maximum Gasteiger partial charge on any atom is 0.416 e. The molecule has 166 valence electrons. The molecule has 1 amide bonds. The zero-order chi connectivity index (χ0) is 23.3. The number of rotatable bonds is 3. The molecule has 1 aliphatic rings. The van der Waals surface area contributed by atoms with Crippen LogP contribution in [0.4, 0.5) is 24.5 Å². The summed E-state index contributed by atoms with van der Waals surface area (Å²) in [6.07, 6.45) is -4.64. The molecule has 0 saturated carbocycles. The van der Waals surface area contributed by atoms with Crippen LogP contribution in [0.5, 0.6) is 0 Å². The first-order valence-corrected chi connectivity index (χ1v) is 11.3. The first-order valence-electron chi connectivity index (χ1n) is 9.07. The number of hydrogen-bond donors (Lipinski definition) is 1. The Kier molecular flexibility index (Phi) is 5.60. The van der Waals surface area contributed by atoms with Gasteiger partial charge in [-0.15, -0.1) is 0 Å². The molecule has 3 aromatic carbocycles. The molecule has 0 aliphatic carbocycles. The number of nitrogens with zero attached hydrogens (tertiary/aromatic N) is 1. The zero-order valence-corrected chi connectivity index (χ0v) is 18.3. The summed E-state index contributed by atoms with van der Waals surface area (Å²) in [5.74, 6) is -0.866. The summed E-state index contributed by atoms with van der Waals surface area (Å²) < 4.78 is 66.3. The number of nitrogens with one attached hydrogen (secondary N) is 1. The molecule has 0 saturated heterocycles. The summed E-state index contributed by atoms with van der Waals surface area (Å²) in [6, 6.07) is 13.3. The third kappa shape index (κ3) is 4.03. The number of alkyl halides is 3. The number of hydrogen-bond acceptors (Lipinski definition) is 3. The monoisotopic (exact) mass is 500 g/mol. The van der Waals surface area contributed by atoms with Gasteiger partial charge >= 0.3 is 6.18 Å². The fourth-order valence-electron chi connectivity index (χ4n) is 3.39. The van der Waals surface area contributed by atoms with E-state index in [2.05, 4.69) is 5.32 Å². The van der Waals surface area contributed by atoms with Gasteiger partial charge in [0.15, 0.2) is 0 Å². The fourth-order valence-corrected chi connectivity index (χ4v) is 5.38. The van der Waals surface area contributed by atoms with Gasteiger partial charge in [0.25, 0.3) is 10.0 Å². The molecule has 0 atom stereocenters. The lowest BCUT2D eigenvalue weighted by molar-refractivity contribution is -0.137. The van der Waals surface area contributed by atoms with Crippen LogP contribution in [0.15, 0.2) is 65.6 Å². The van der Waals surface area contributed by atoms with Gasteiger partial charge in [0.2, 0.25) is 5.91 Å². The van der Waals surface area contributed by atoms with E-state index in [0.717, 1.165) is 16.4 Å². The van der Waals surface area contributed by atoms with Crippen LogP contribution in [-0.4, -0.2) is 20.9 Å². The largest absolute Gasteiger partial charge is 0.416 e. The van der Waals surface area contributed by atoms with Crippen LogP contribution < -0.4 is 9.62 Å². The molecule has 0 aromatic heterocycles. The normalized spacial score (nSPS) is 14.5. The first-order chi connectivity index (χ1) is 15.0. The van der Waals surface area contributed by atoms with E-state index in [0.29, 0.717) is 22.2 Å². The van der Waals surface area contributed by atoms with Crippen molar-refractivity contribution in [1.29, 1.82) is 0 Å². The number of sulfonamides is 1. The zero-order valence-electron chi connectivity index (χ0n) is 16.0. The Bertz CT molecular complexity index is 1340. The summed E-state index contributed by atoms with van der Waals surface area (Å²) >= 11 is 12.0. The van der Waals surface area contributed by atoms with Gasteiger partial charge in [-0.05, 0) is 42.5 Å². The molecule has 32 heavy (non-hydrogen) atoms. The van der Waals surface area contributed by atoms with Crippen LogP contribution in [-0.2, 0) is 21.0 Å². The lowest BCUT2D eigenvalue weighted by Gasteiger charge is -2.31. The SMILES string of the molecule is O=C(CN1c2ccc(Cl)cc2-c2ccccc2S1(=O)=O)Nc1cc(C(F)(F)F)ccc1Cl. The molecule has 0 radical (unpaired) electrons. The summed E-state index contributed by atoms with van der Waals surface area (Å²) in [7, 11) is -4.12. The predicted molar refractivity (Wildman–Crippen MR) is 117 cm³/mol. The Morgan fingerprint density at radius 3 is 2.41 bits per heavy atom. The molecule has 3 aromatic rings. The van der Waals surface area contributed by atoms with Crippen molar-refractivity contribution in [2.75, 3.05) is 16.2 Å². The van der Waals surface area contributed by atoms with Crippen molar-refractivity contribution in [3.05, 3.63) is 76.3 Å². The van der Waals surface area contributed by atoms with Gasteiger partial charge in [-0.3, -0.25) is 9.10 Å². The van der Waals surface area contributed by atoms with E-state index in [1.807, 2.05) is 0 Å². The predicted octanol–water partition coefficient (Wildman–Crippen LogP) is 5.83. The Labute approximate surface area is 191 Å². The average molecular weight is 501 g/mol. The van der Waals surface area contributed by atoms with Gasteiger partial charge in [-0.2, -0.15) is 13.2 Å². The summed E-state index contributed by atoms with van der Waals surface area (Å²) in [4.78, 5) is 12.7. The van der Waals surface area contributed by atoms with Gasteiger partial charge in [-0.1, -0.05) is 41.4 Å². The van der Waals surface area contributed by atoms with Crippen molar-refractivity contribution >= 4 is 50.5 Å². The molecule has 0 fully saturated rings. The van der Waals surface area contributed by atoms with Gasteiger partial charge in [0, 0.05) is 16.1 Å². The standard InChI is InChI=1S/C21H13Cl2F3N2O3S/c22-13-6-8-18-15(10-13)14-3-1-2-4-19(14)32(30,31)28(18)11-20(29)27-17-9-12(21(24,25)26)5-7-16(17)23/h1-10H,11H2,(H,27,29). The van der Waals surface area contributed by atoms with Crippen LogP contribution in [0.2, 0.25) is 10.0 Å². The molecule has 5 nitrogen and oxygen atoms in total. The number of amides is 1. The molecule has 4 rings (SSSR count). The van der Waals surface area contributed by atoms with E-state index in [4.69, 9.17) is 23.2 Å². The smallest absolute Gasteiger partial charge is 0.323 e. The van der Waals surface area contributed by atoms with Crippen LogP contribution in [0.1, 0.15) is 5.56 Å². The van der Waals surface area contributed by atoms with Crippen LogP contribution in [0.25, 0.3) is 11.1 Å². The molecule has 1 aliphatic heterocycles. The van der Waals surface area contributed by atoms with Gasteiger partial charge in [0.05, 0.1) is 26.9 Å². The molecular formula is C21H13Cl2F3N2O3S. The second-order valence-electron chi connectivity index (χ2n) is 6.91. The summed E-state index contributed by atoms with van der Waals surface area (Å²) in [5.41, 5.74) is -0.122. The van der Waals surface area contributed by atoms with E-state index < -0.39 is 34.2 Å². The molecular weight excluding hydrogens is 488 g/mol. The lowest BCUT2D eigenvalue weighted by atomic mass is 10.0. The van der Waals surface area contributed by atoms with Crippen LogP contribution >= 0.6 is 23.2 Å². The van der Waals surface area contributed by atoms with Crippen LogP contribution in [0, 0.1) is 0 Å². The molecule has 11 heteroatoms. The highest BCUT2D eigenvalue weighted by Crippen LogP contribution is 2.44. The Hall–Kier alpha value is -2.75. The van der Waals surface area contributed by atoms with E-state index in [-0.39, 0.29) is 21.3 Å². The molecule has 0 spiro atoms. The van der Waals surface area contributed by atoms with E-state index in [9.17, 15) is 26.4 Å². The van der Waals surface area contributed by atoms with Gasteiger partial charge in [-0.25, -0.2) is 8.42 Å². The topological polar surface area (TPSA) is 66.5 Å². The highest BCUT2D eigenvalue weighted by molar-refractivity contribution is 7.93. The number of fused-ring (bicyclic) bond motifs is 3. The molecule has 0 unspecified atom stereocenters. The second-order valence-corrected chi connectivity index (χ2v) is 9.58. The number of halogens is 5. The maximum absolute atomic E-state index is 13.2. The fraction of sp³-hybridized carbons (Fsp3) is 0.0952. The van der Waals surface area contributed by atoms with Crippen LogP contribution in [0.3, 0.4) is 0 Å². The van der Waals surface area contributed by atoms with Gasteiger partial charge < -0.3 is 5.32 Å². The van der Waals surface area contributed by atoms with E-state index in [1.54, 1.807) is 24.3 Å². The highest BCUT2D eigenvalue weighted by Gasteiger charge is 2.36. The van der Waals surface area contributed by atoms with Crippen molar-refractivity contribution in [2.24, 2.45) is 0 Å². The first kappa shape index (κ1) is 22.4. The lowest BCUT2D eigenvalue weighted by Crippen LogP contribution is -2.40. The van der Waals surface area contributed by atoms with Crippen molar-refractivity contribution < 1.29 is 26.4 Å². The molecule has 1 N–H and O–H groups in total. The van der Waals surface area contributed by atoms with Crippen molar-refractivity contribution in [3.8, 4) is 11.1 Å². The van der Waals surface area contributed by atoms with Crippen molar-refractivity contribution in [1.82, 2.24) is 0 Å².